The number of hydrogen-bond donors (Lipinski definition) is 0. The Labute approximate surface area is 230 Å². The molecule has 4 rings (SSSR count). The van der Waals surface area contributed by atoms with E-state index < -0.39 is 29.8 Å². The Bertz CT molecular complexity index is 1430. The van der Waals surface area contributed by atoms with E-state index in [1.165, 1.54) is 12.8 Å². The number of fused-ring (bicyclic) bond motifs is 1. The van der Waals surface area contributed by atoms with Crippen LogP contribution in [0, 0.1) is 23.3 Å². The number of alkyl halides is 2. The van der Waals surface area contributed by atoms with Gasteiger partial charge in [-0.2, -0.15) is 8.78 Å². The summed E-state index contributed by atoms with van der Waals surface area (Å²) in [7, 11) is 0. The fourth-order valence-corrected chi connectivity index (χ4v) is 4.96. The molecule has 0 atom stereocenters. The molecule has 40 heavy (non-hydrogen) atoms. The molecule has 1 nitrogen and oxygen atoms in total. The first kappa shape index (κ1) is 29.5. The third kappa shape index (κ3) is 7.58. The fraction of sp³-hybridized carbons (Fsp3) is 0.333. The first-order chi connectivity index (χ1) is 19.2. The monoisotopic (exact) mass is 558 g/mol. The van der Waals surface area contributed by atoms with Gasteiger partial charge in [0.05, 0.1) is 0 Å². The zero-order chi connectivity index (χ0) is 28.6. The van der Waals surface area contributed by atoms with E-state index in [0.717, 1.165) is 42.5 Å². The molecular weight excluding hydrogens is 526 g/mol. The molecule has 0 aromatic heterocycles. The lowest BCUT2D eigenvalue weighted by molar-refractivity contribution is -0.0546. The standard InChI is InChI=1S/C33H32F6O/c1-2-3-4-5-6-21-7-11-24(28(34)18-21)12-8-22-10-16-27-26(17-22)15-14-25(31(27)37)13-9-23-19-29(35)32(30(36)20-23)40-33(38)39/h7,10-11,14-20,33H,2-6,8-9,12-13H2,1H3. The highest BCUT2D eigenvalue weighted by Gasteiger charge is 2.17. The van der Waals surface area contributed by atoms with Crippen LogP contribution >= 0.6 is 0 Å². The van der Waals surface area contributed by atoms with Crippen molar-refractivity contribution in [2.75, 3.05) is 0 Å². The zero-order valence-corrected chi connectivity index (χ0v) is 22.4. The molecular formula is C33H32F6O. The molecule has 212 valence electrons. The first-order valence-corrected chi connectivity index (χ1v) is 13.6. The molecule has 0 unspecified atom stereocenters. The van der Waals surface area contributed by atoms with Crippen molar-refractivity contribution in [3.63, 3.8) is 0 Å². The Kier molecular flexibility index (Phi) is 10.1. The van der Waals surface area contributed by atoms with Crippen LogP contribution in [-0.2, 0) is 32.1 Å². The van der Waals surface area contributed by atoms with E-state index in [2.05, 4.69) is 11.7 Å². The zero-order valence-electron chi connectivity index (χ0n) is 22.4. The van der Waals surface area contributed by atoms with Gasteiger partial charge in [0.2, 0.25) is 0 Å². The molecule has 0 aliphatic heterocycles. The summed E-state index contributed by atoms with van der Waals surface area (Å²) in [5.41, 5.74) is 3.19. The van der Waals surface area contributed by atoms with Gasteiger partial charge in [0, 0.05) is 5.39 Å². The Hall–Kier alpha value is -3.48. The lowest BCUT2D eigenvalue weighted by Gasteiger charge is -2.11. The van der Waals surface area contributed by atoms with Crippen molar-refractivity contribution >= 4 is 10.8 Å². The lowest BCUT2D eigenvalue weighted by atomic mass is 9.96. The second-order valence-electron chi connectivity index (χ2n) is 10.1. The van der Waals surface area contributed by atoms with E-state index in [9.17, 15) is 22.0 Å². The average molecular weight is 559 g/mol. The molecule has 0 bridgehead atoms. The van der Waals surface area contributed by atoms with Crippen LogP contribution in [0.3, 0.4) is 0 Å². The van der Waals surface area contributed by atoms with Gasteiger partial charge in [0.1, 0.15) is 11.6 Å². The van der Waals surface area contributed by atoms with Gasteiger partial charge < -0.3 is 4.74 Å². The summed E-state index contributed by atoms with van der Waals surface area (Å²) in [6, 6.07) is 16.1. The van der Waals surface area contributed by atoms with Crippen LogP contribution in [0.1, 0.15) is 60.4 Å². The van der Waals surface area contributed by atoms with E-state index in [0.29, 0.717) is 34.7 Å². The van der Waals surface area contributed by atoms with Crippen LogP contribution in [0.15, 0.2) is 60.7 Å². The lowest BCUT2D eigenvalue weighted by Crippen LogP contribution is -2.06. The molecule has 0 N–H and O–H groups in total. The third-order valence-electron chi connectivity index (χ3n) is 7.17. The molecule has 0 saturated carbocycles. The van der Waals surface area contributed by atoms with E-state index in [1.807, 2.05) is 24.3 Å². The molecule has 0 spiro atoms. The second kappa shape index (κ2) is 13.7. The van der Waals surface area contributed by atoms with Crippen molar-refractivity contribution in [3.8, 4) is 5.75 Å². The van der Waals surface area contributed by atoms with Crippen molar-refractivity contribution in [2.24, 2.45) is 0 Å². The Morgan fingerprint density at radius 3 is 1.93 bits per heavy atom. The van der Waals surface area contributed by atoms with Gasteiger partial charge in [-0.1, -0.05) is 68.7 Å². The number of unbranched alkanes of at least 4 members (excludes halogenated alkanes) is 3. The Morgan fingerprint density at radius 1 is 0.600 bits per heavy atom. The first-order valence-electron chi connectivity index (χ1n) is 13.6. The normalized spacial score (nSPS) is 11.5. The molecule has 0 fully saturated rings. The van der Waals surface area contributed by atoms with E-state index in [4.69, 9.17) is 0 Å². The molecule has 0 saturated heterocycles. The van der Waals surface area contributed by atoms with Crippen LogP contribution in [0.4, 0.5) is 26.3 Å². The van der Waals surface area contributed by atoms with Crippen molar-refractivity contribution in [1.29, 1.82) is 0 Å². The van der Waals surface area contributed by atoms with Gasteiger partial charge >= 0.3 is 6.61 Å². The molecule has 4 aromatic carbocycles. The maximum absolute atomic E-state index is 15.2. The van der Waals surface area contributed by atoms with Gasteiger partial charge in [-0.15, -0.1) is 0 Å². The molecule has 0 aliphatic rings. The summed E-state index contributed by atoms with van der Waals surface area (Å²) in [6.45, 7) is -1.19. The second-order valence-corrected chi connectivity index (χ2v) is 10.1. The minimum Gasteiger partial charge on any atom is -0.429 e. The van der Waals surface area contributed by atoms with Crippen molar-refractivity contribution in [1.82, 2.24) is 0 Å². The topological polar surface area (TPSA) is 9.23 Å². The van der Waals surface area contributed by atoms with Crippen molar-refractivity contribution in [3.05, 3.63) is 112 Å². The van der Waals surface area contributed by atoms with Crippen molar-refractivity contribution in [2.45, 2.75) is 71.3 Å². The molecule has 0 amide bonds. The number of ether oxygens (including phenoxy) is 1. The molecule has 7 heteroatoms. The summed E-state index contributed by atoms with van der Waals surface area (Å²) in [5.74, 6) is -4.23. The molecule has 0 aliphatic carbocycles. The molecule has 4 aromatic rings. The van der Waals surface area contributed by atoms with Crippen LogP contribution < -0.4 is 4.74 Å². The summed E-state index contributed by atoms with van der Waals surface area (Å²) in [4.78, 5) is 0. The number of rotatable bonds is 13. The smallest absolute Gasteiger partial charge is 0.387 e. The minimum absolute atomic E-state index is 0.104. The SMILES string of the molecule is CCCCCCc1ccc(CCc2ccc3c(F)c(CCc4cc(F)c(OC(F)F)c(F)c4)ccc3c2)c(F)c1. The van der Waals surface area contributed by atoms with E-state index in [1.54, 1.807) is 24.3 Å². The van der Waals surface area contributed by atoms with Crippen LogP contribution in [0.5, 0.6) is 5.75 Å². The maximum atomic E-state index is 15.2. The Morgan fingerprint density at radius 2 is 1.23 bits per heavy atom. The van der Waals surface area contributed by atoms with Gasteiger partial charge in [0.15, 0.2) is 17.4 Å². The van der Waals surface area contributed by atoms with E-state index in [-0.39, 0.29) is 24.2 Å². The fourth-order valence-electron chi connectivity index (χ4n) is 4.96. The Balaban J connectivity index is 1.39. The molecule has 0 radical (unpaired) electrons. The van der Waals surface area contributed by atoms with Crippen LogP contribution in [0.25, 0.3) is 10.8 Å². The highest BCUT2D eigenvalue weighted by molar-refractivity contribution is 5.84. The predicted octanol–water partition coefficient (Wildman–Crippen LogP) is 9.69. The van der Waals surface area contributed by atoms with E-state index >= 15 is 4.39 Å². The maximum Gasteiger partial charge on any atom is 0.387 e. The summed E-state index contributed by atoms with van der Waals surface area (Å²) < 4.78 is 86.5. The number of hydrogen-bond acceptors (Lipinski definition) is 1. The number of aryl methyl sites for hydroxylation is 5. The van der Waals surface area contributed by atoms with Gasteiger partial charge in [-0.05, 0) is 89.9 Å². The van der Waals surface area contributed by atoms with Gasteiger partial charge in [-0.25, -0.2) is 17.6 Å². The predicted molar refractivity (Wildman–Crippen MR) is 146 cm³/mol. The van der Waals surface area contributed by atoms with Crippen molar-refractivity contribution < 1.29 is 31.1 Å². The van der Waals surface area contributed by atoms with Crippen LogP contribution in [-0.4, -0.2) is 6.61 Å². The highest BCUT2D eigenvalue weighted by atomic mass is 19.3. The third-order valence-corrected chi connectivity index (χ3v) is 7.17. The quantitative estimate of drug-likeness (QED) is 0.117. The minimum atomic E-state index is -3.35. The summed E-state index contributed by atoms with van der Waals surface area (Å²) in [5, 5.41) is 1.12. The number of halogens is 6. The largest absolute Gasteiger partial charge is 0.429 e. The van der Waals surface area contributed by atoms with Gasteiger partial charge in [-0.3, -0.25) is 0 Å². The van der Waals surface area contributed by atoms with Crippen LogP contribution in [0.2, 0.25) is 0 Å². The highest BCUT2D eigenvalue weighted by Crippen LogP contribution is 2.28. The summed E-state index contributed by atoms with van der Waals surface area (Å²) >= 11 is 0. The molecule has 0 heterocycles. The number of benzene rings is 4. The van der Waals surface area contributed by atoms with Gasteiger partial charge in [0.25, 0.3) is 0 Å². The average Bonchev–Trinajstić information content (AvgIpc) is 2.92. The summed E-state index contributed by atoms with van der Waals surface area (Å²) in [6.07, 6.45) is 6.85.